The Morgan fingerprint density at radius 2 is 1.62 bits per heavy atom. The molecule has 0 aliphatic carbocycles. The van der Waals surface area contributed by atoms with Crippen LogP contribution in [0.4, 0.5) is 23.5 Å². The Kier molecular flexibility index (Phi) is 6.94. The van der Waals surface area contributed by atoms with E-state index in [-0.39, 0.29) is 0 Å². The lowest BCUT2D eigenvalue weighted by Crippen LogP contribution is -3.14. The molecule has 1 aromatic heterocycles. The van der Waals surface area contributed by atoms with Crippen LogP contribution in [-0.4, -0.2) is 80.6 Å². The molecule has 0 amide bonds. The van der Waals surface area contributed by atoms with Gasteiger partial charge in [-0.2, -0.15) is 15.0 Å². The Bertz CT molecular complexity index is 781. The Balaban J connectivity index is 1.46. The summed E-state index contributed by atoms with van der Waals surface area (Å²) in [5.41, 5.74) is 0.872. The van der Waals surface area contributed by atoms with E-state index < -0.39 is 0 Å². The molecule has 156 valence electrons. The lowest BCUT2D eigenvalue weighted by atomic mass is 10.3. The number of ether oxygens (including phenoxy) is 2. The fourth-order valence-corrected chi connectivity index (χ4v) is 3.45. The number of hydrogen-bond donors (Lipinski definition) is 3. The van der Waals surface area contributed by atoms with Crippen molar-refractivity contribution in [3.8, 4) is 0 Å². The van der Waals surface area contributed by atoms with Gasteiger partial charge in [-0.3, -0.25) is 0 Å². The van der Waals surface area contributed by atoms with Gasteiger partial charge in [0, 0.05) is 23.8 Å². The van der Waals surface area contributed by atoms with E-state index in [1.54, 1.807) is 0 Å². The molecule has 2 aliphatic rings. The molecule has 9 nitrogen and oxygen atoms in total. The molecule has 0 bridgehead atoms. The van der Waals surface area contributed by atoms with Crippen LogP contribution >= 0.6 is 11.6 Å². The van der Waals surface area contributed by atoms with Crippen molar-refractivity contribution in [3.63, 3.8) is 0 Å². The number of nitrogens with one attached hydrogen (secondary N) is 3. The Morgan fingerprint density at radius 3 is 2.38 bits per heavy atom. The molecule has 0 radical (unpaired) electrons. The summed E-state index contributed by atoms with van der Waals surface area (Å²) in [6.45, 7) is 8.43. The van der Waals surface area contributed by atoms with Crippen molar-refractivity contribution in [2.45, 2.75) is 0 Å². The fraction of sp³-hybridized carbons (Fsp3) is 0.526. The minimum atomic E-state index is 0.505. The molecule has 1 aromatic carbocycles. The van der Waals surface area contributed by atoms with E-state index in [1.165, 1.54) is 4.90 Å². The lowest BCUT2D eigenvalue weighted by molar-refractivity contribution is -0.906. The number of aromatic nitrogens is 3. The van der Waals surface area contributed by atoms with Gasteiger partial charge in [-0.05, 0) is 24.3 Å². The minimum absolute atomic E-state index is 0.505. The van der Waals surface area contributed by atoms with Gasteiger partial charge in [0.15, 0.2) is 0 Å². The predicted molar refractivity (Wildman–Crippen MR) is 112 cm³/mol. The van der Waals surface area contributed by atoms with Crippen molar-refractivity contribution < 1.29 is 14.4 Å². The van der Waals surface area contributed by atoms with E-state index in [0.717, 1.165) is 58.2 Å². The topological polar surface area (TPSA) is 88.9 Å². The summed E-state index contributed by atoms with van der Waals surface area (Å²) >= 11 is 5.98. The van der Waals surface area contributed by atoms with Crippen LogP contribution in [0.3, 0.4) is 0 Å². The Hall–Kier alpha value is -2.20. The molecular weight excluding hydrogens is 394 g/mol. The van der Waals surface area contributed by atoms with Crippen LogP contribution in [-0.2, 0) is 9.47 Å². The molecule has 0 unspecified atom stereocenters. The molecule has 0 saturated carbocycles. The molecule has 29 heavy (non-hydrogen) atoms. The van der Waals surface area contributed by atoms with Crippen LogP contribution in [0, 0.1) is 0 Å². The second-order valence-corrected chi connectivity index (χ2v) is 7.49. The third-order valence-electron chi connectivity index (χ3n) is 4.98. The molecule has 0 spiro atoms. The van der Waals surface area contributed by atoms with Gasteiger partial charge in [0.2, 0.25) is 17.8 Å². The highest BCUT2D eigenvalue weighted by Crippen LogP contribution is 2.20. The van der Waals surface area contributed by atoms with Gasteiger partial charge in [0.05, 0.1) is 39.5 Å². The largest absolute Gasteiger partial charge is 0.378 e. The van der Waals surface area contributed by atoms with Crippen LogP contribution in [0.1, 0.15) is 0 Å². The summed E-state index contributed by atoms with van der Waals surface area (Å²) in [7, 11) is 0. The van der Waals surface area contributed by atoms with Crippen molar-refractivity contribution in [2.75, 3.05) is 81.2 Å². The number of benzene rings is 1. The zero-order valence-corrected chi connectivity index (χ0v) is 17.1. The molecular formula is C19H27ClN7O2+. The average molecular weight is 421 g/mol. The van der Waals surface area contributed by atoms with Crippen LogP contribution < -0.4 is 20.4 Å². The van der Waals surface area contributed by atoms with Gasteiger partial charge in [0.25, 0.3) is 0 Å². The summed E-state index contributed by atoms with van der Waals surface area (Å²) in [6.07, 6.45) is 0. The molecule has 3 heterocycles. The van der Waals surface area contributed by atoms with Gasteiger partial charge in [-0.25, -0.2) is 0 Å². The highest BCUT2D eigenvalue weighted by molar-refractivity contribution is 6.30. The normalized spacial score (nSPS) is 17.9. The number of anilines is 4. The molecule has 2 aliphatic heterocycles. The van der Waals surface area contributed by atoms with Crippen molar-refractivity contribution in [2.24, 2.45) is 0 Å². The number of quaternary nitrogens is 1. The standard InChI is InChI=1S/C19H26ClN7O2/c20-15-1-3-16(4-2-15)22-18-23-17(21-5-6-26-7-11-28-12-8-26)24-19(25-18)27-9-13-29-14-10-27/h1-4H,5-14H2,(H2,21,22,23,24,25)/p+1. The zero-order chi connectivity index (χ0) is 19.9. The van der Waals surface area contributed by atoms with Gasteiger partial charge >= 0.3 is 0 Å². The molecule has 3 N–H and O–H groups in total. The van der Waals surface area contributed by atoms with E-state index in [1.807, 2.05) is 24.3 Å². The Morgan fingerprint density at radius 1 is 0.931 bits per heavy atom. The van der Waals surface area contributed by atoms with E-state index in [9.17, 15) is 0 Å². The number of hydrogen-bond acceptors (Lipinski definition) is 8. The van der Waals surface area contributed by atoms with Gasteiger partial charge in [-0.1, -0.05) is 11.6 Å². The van der Waals surface area contributed by atoms with Crippen molar-refractivity contribution in [1.82, 2.24) is 15.0 Å². The number of halogens is 1. The molecule has 2 aromatic rings. The third-order valence-corrected chi connectivity index (χ3v) is 5.23. The van der Waals surface area contributed by atoms with Crippen LogP contribution in [0.2, 0.25) is 5.02 Å². The van der Waals surface area contributed by atoms with Crippen molar-refractivity contribution in [3.05, 3.63) is 29.3 Å². The maximum absolute atomic E-state index is 5.98. The molecule has 2 saturated heterocycles. The average Bonchev–Trinajstić information content (AvgIpc) is 2.77. The highest BCUT2D eigenvalue weighted by atomic mass is 35.5. The second-order valence-electron chi connectivity index (χ2n) is 7.05. The van der Waals surface area contributed by atoms with E-state index in [0.29, 0.717) is 36.1 Å². The summed E-state index contributed by atoms with van der Waals surface area (Å²) in [5.74, 6) is 1.73. The van der Waals surface area contributed by atoms with Crippen LogP contribution in [0.5, 0.6) is 0 Å². The fourth-order valence-electron chi connectivity index (χ4n) is 3.33. The van der Waals surface area contributed by atoms with E-state index in [4.69, 9.17) is 21.1 Å². The second kappa shape index (κ2) is 10.0. The zero-order valence-electron chi connectivity index (χ0n) is 16.4. The smallest absolute Gasteiger partial charge is 0.233 e. The first-order valence-corrected chi connectivity index (χ1v) is 10.4. The quantitative estimate of drug-likeness (QED) is 0.594. The van der Waals surface area contributed by atoms with Gasteiger partial charge in [0.1, 0.15) is 13.1 Å². The maximum Gasteiger partial charge on any atom is 0.233 e. The minimum Gasteiger partial charge on any atom is -0.378 e. The summed E-state index contributed by atoms with van der Waals surface area (Å²) in [6, 6.07) is 7.46. The summed E-state index contributed by atoms with van der Waals surface area (Å²) in [5, 5.41) is 7.30. The van der Waals surface area contributed by atoms with Crippen molar-refractivity contribution in [1.29, 1.82) is 0 Å². The SMILES string of the molecule is Clc1ccc(Nc2nc(NCC[NH+]3CCOCC3)nc(N3CCOCC3)n2)cc1. The van der Waals surface area contributed by atoms with E-state index in [2.05, 4.69) is 30.5 Å². The summed E-state index contributed by atoms with van der Waals surface area (Å²) < 4.78 is 10.9. The van der Waals surface area contributed by atoms with Gasteiger partial charge < -0.3 is 29.9 Å². The van der Waals surface area contributed by atoms with Gasteiger partial charge in [-0.15, -0.1) is 0 Å². The lowest BCUT2D eigenvalue weighted by Gasteiger charge is -2.27. The molecule has 0 atom stereocenters. The number of nitrogens with zero attached hydrogens (tertiary/aromatic N) is 4. The molecule has 10 heteroatoms. The first-order chi connectivity index (χ1) is 14.3. The summed E-state index contributed by atoms with van der Waals surface area (Å²) in [4.78, 5) is 17.5. The molecule has 4 rings (SSSR count). The van der Waals surface area contributed by atoms with Crippen LogP contribution in [0.25, 0.3) is 0 Å². The predicted octanol–water partition coefficient (Wildman–Crippen LogP) is 0.432. The number of rotatable bonds is 7. The maximum atomic E-state index is 5.98. The number of morpholine rings is 2. The first-order valence-electron chi connectivity index (χ1n) is 10.0. The van der Waals surface area contributed by atoms with Crippen LogP contribution in [0.15, 0.2) is 24.3 Å². The molecule has 2 fully saturated rings. The first kappa shape index (κ1) is 20.1. The van der Waals surface area contributed by atoms with E-state index >= 15 is 0 Å². The van der Waals surface area contributed by atoms with Crippen molar-refractivity contribution >= 4 is 35.1 Å². The monoisotopic (exact) mass is 420 g/mol. The highest BCUT2D eigenvalue weighted by Gasteiger charge is 2.18. The third kappa shape index (κ3) is 5.89. The Labute approximate surface area is 175 Å².